The Morgan fingerprint density at radius 2 is 1.20 bits per heavy atom. The Morgan fingerprint density at radius 1 is 0.537 bits per heavy atom. The van der Waals surface area contributed by atoms with Gasteiger partial charge in [0, 0.05) is 28.1 Å². The van der Waals surface area contributed by atoms with E-state index in [2.05, 4.69) is 125 Å². The fourth-order valence-electron chi connectivity index (χ4n) is 5.89. The number of aromatic nitrogens is 2. The average Bonchev–Trinajstić information content (AvgIpc) is 3.35. The van der Waals surface area contributed by atoms with Crippen LogP contribution in [0.15, 0.2) is 140 Å². The van der Waals surface area contributed by atoms with Gasteiger partial charge in [0.25, 0.3) is 0 Å². The molecule has 0 spiro atoms. The van der Waals surface area contributed by atoms with Crippen molar-refractivity contribution in [1.82, 2.24) is 9.55 Å². The summed E-state index contributed by atoms with van der Waals surface area (Å²) >= 11 is 6.65. The van der Waals surface area contributed by atoms with Crippen molar-refractivity contribution in [2.75, 3.05) is 5.32 Å². The van der Waals surface area contributed by atoms with Gasteiger partial charge >= 0.3 is 0 Å². The van der Waals surface area contributed by atoms with Crippen LogP contribution >= 0.6 is 11.6 Å². The van der Waals surface area contributed by atoms with Gasteiger partial charge in [0.15, 0.2) is 0 Å². The largest absolute Gasteiger partial charge is 0.353 e. The molecule has 0 fully saturated rings. The maximum Gasteiger partial charge on any atom is 0.145 e. The molecule has 4 heteroatoms. The van der Waals surface area contributed by atoms with E-state index < -0.39 is 0 Å². The first-order valence-electron chi connectivity index (χ1n) is 13.7. The lowest BCUT2D eigenvalue weighted by Crippen LogP contribution is -1.97. The number of fused-ring (bicyclic) bond motifs is 6. The van der Waals surface area contributed by atoms with Crippen LogP contribution in [0, 0.1) is 0 Å². The summed E-state index contributed by atoms with van der Waals surface area (Å²) in [5.74, 6) is 0.929. The van der Waals surface area contributed by atoms with Crippen molar-refractivity contribution in [1.29, 1.82) is 0 Å². The lowest BCUT2D eigenvalue weighted by atomic mass is 9.92. The van der Waals surface area contributed by atoms with Crippen LogP contribution in [0.4, 0.5) is 11.4 Å². The molecular formula is C37H24ClN3. The molecule has 3 nitrogen and oxygen atoms in total. The monoisotopic (exact) mass is 545 g/mol. The molecule has 1 N–H and O–H groups in total. The van der Waals surface area contributed by atoms with Gasteiger partial charge in [-0.25, -0.2) is 4.98 Å². The van der Waals surface area contributed by atoms with E-state index in [4.69, 9.17) is 16.6 Å². The van der Waals surface area contributed by atoms with Crippen molar-refractivity contribution in [3.8, 4) is 50.5 Å². The molecule has 6 aromatic carbocycles. The van der Waals surface area contributed by atoms with Crippen molar-refractivity contribution in [2.24, 2.45) is 0 Å². The van der Waals surface area contributed by atoms with E-state index in [1.807, 2.05) is 24.3 Å². The number of nitrogens with zero attached hydrogens (tertiary/aromatic N) is 2. The third-order valence-electron chi connectivity index (χ3n) is 7.85. The Hall–Kier alpha value is -5.12. The first kappa shape index (κ1) is 23.7. The second-order valence-electron chi connectivity index (χ2n) is 10.3. The first-order chi connectivity index (χ1) is 20.2. The van der Waals surface area contributed by atoms with Gasteiger partial charge < -0.3 is 5.32 Å². The minimum absolute atomic E-state index is 0.714. The Balaban J connectivity index is 1.22. The van der Waals surface area contributed by atoms with Crippen molar-refractivity contribution in [2.45, 2.75) is 0 Å². The lowest BCUT2D eigenvalue weighted by Gasteiger charge is -2.13. The molecule has 1 aromatic heterocycles. The Bertz CT molecular complexity index is 2070. The second-order valence-corrected chi connectivity index (χ2v) is 10.7. The summed E-state index contributed by atoms with van der Waals surface area (Å²) in [5.41, 5.74) is 13.1. The van der Waals surface area contributed by atoms with E-state index in [-0.39, 0.29) is 0 Å². The van der Waals surface area contributed by atoms with E-state index >= 15 is 0 Å². The molecule has 194 valence electrons. The Kier molecular flexibility index (Phi) is 5.51. The molecule has 0 amide bonds. The van der Waals surface area contributed by atoms with Gasteiger partial charge in [0.05, 0.1) is 21.7 Å². The predicted molar refractivity (Wildman–Crippen MR) is 171 cm³/mol. The zero-order valence-corrected chi connectivity index (χ0v) is 22.8. The summed E-state index contributed by atoms with van der Waals surface area (Å²) in [5, 5.41) is 4.33. The van der Waals surface area contributed by atoms with Crippen molar-refractivity contribution < 1.29 is 0 Å². The molecule has 0 saturated carbocycles. The predicted octanol–water partition coefficient (Wildman–Crippen LogP) is 10.4. The average molecular weight is 546 g/mol. The number of anilines is 2. The molecular weight excluding hydrogens is 522 g/mol. The number of hydrogen-bond acceptors (Lipinski definition) is 2. The molecule has 0 aliphatic carbocycles. The molecule has 1 aliphatic heterocycles. The molecule has 0 atom stereocenters. The SMILES string of the molecule is Clc1cccc2c1Nc1ccc(-c3ccc(-c4nc5ccccc5n4-c4ccccc4)cc3)cc1-c1ccccc1-2. The van der Waals surface area contributed by atoms with Crippen LogP contribution in [0.5, 0.6) is 0 Å². The van der Waals surface area contributed by atoms with Crippen LogP contribution in [-0.4, -0.2) is 9.55 Å². The van der Waals surface area contributed by atoms with Gasteiger partial charge in [-0.3, -0.25) is 4.57 Å². The fraction of sp³-hybridized carbons (Fsp3) is 0. The quantitative estimate of drug-likeness (QED) is 0.239. The van der Waals surface area contributed by atoms with Crippen molar-refractivity contribution in [3.63, 3.8) is 0 Å². The number of rotatable bonds is 3. The van der Waals surface area contributed by atoms with Crippen LogP contribution in [-0.2, 0) is 0 Å². The standard InChI is InChI=1S/C37H24ClN3/c38-32-14-8-13-30-28-11-4-5-12-29(28)31-23-26(21-22-33(31)39-36(30)32)24-17-19-25(20-18-24)37-40-34-15-6-7-16-35(34)41(37)27-9-2-1-3-10-27/h1-23,39H. The van der Waals surface area contributed by atoms with Crippen LogP contribution < -0.4 is 5.32 Å². The number of nitrogens with one attached hydrogen (secondary N) is 1. The molecule has 8 rings (SSSR count). The number of imidazole rings is 1. The van der Waals surface area contributed by atoms with Gasteiger partial charge in [0.1, 0.15) is 5.82 Å². The number of halogens is 1. The van der Waals surface area contributed by atoms with Gasteiger partial charge in [0.2, 0.25) is 0 Å². The summed E-state index contributed by atoms with van der Waals surface area (Å²) in [7, 11) is 0. The summed E-state index contributed by atoms with van der Waals surface area (Å²) in [6, 6.07) is 48.6. The van der Waals surface area contributed by atoms with Gasteiger partial charge in [-0.05, 0) is 64.7 Å². The number of hydrogen-bond donors (Lipinski definition) is 1. The summed E-state index contributed by atoms with van der Waals surface area (Å²) in [6.45, 7) is 0. The van der Waals surface area contributed by atoms with Gasteiger partial charge in [-0.2, -0.15) is 0 Å². The Labute approximate surface area is 243 Å². The zero-order valence-electron chi connectivity index (χ0n) is 22.1. The number of para-hydroxylation sites is 4. The molecule has 1 aliphatic rings. The van der Waals surface area contributed by atoms with Crippen LogP contribution in [0.1, 0.15) is 0 Å². The fourth-order valence-corrected chi connectivity index (χ4v) is 6.11. The Morgan fingerprint density at radius 3 is 2.02 bits per heavy atom. The molecule has 0 radical (unpaired) electrons. The van der Waals surface area contributed by atoms with Gasteiger partial charge in [-0.1, -0.05) is 109 Å². The minimum atomic E-state index is 0.714. The highest BCUT2D eigenvalue weighted by Crippen LogP contribution is 2.47. The minimum Gasteiger partial charge on any atom is -0.353 e. The summed E-state index contributed by atoms with van der Waals surface area (Å²) in [6.07, 6.45) is 0. The third kappa shape index (κ3) is 3.94. The summed E-state index contributed by atoms with van der Waals surface area (Å²) < 4.78 is 2.23. The molecule has 0 saturated heterocycles. The van der Waals surface area contributed by atoms with E-state index in [1.54, 1.807) is 0 Å². The van der Waals surface area contributed by atoms with Crippen molar-refractivity contribution >= 4 is 34.0 Å². The zero-order chi connectivity index (χ0) is 27.3. The van der Waals surface area contributed by atoms with Crippen LogP contribution in [0.25, 0.3) is 61.5 Å². The van der Waals surface area contributed by atoms with E-state index in [0.717, 1.165) is 61.7 Å². The third-order valence-corrected chi connectivity index (χ3v) is 8.17. The maximum atomic E-state index is 6.65. The van der Waals surface area contributed by atoms with E-state index in [1.165, 1.54) is 11.1 Å². The lowest BCUT2D eigenvalue weighted by molar-refractivity contribution is 1.10. The van der Waals surface area contributed by atoms with E-state index in [0.29, 0.717) is 5.02 Å². The highest BCUT2D eigenvalue weighted by molar-refractivity contribution is 6.34. The highest BCUT2D eigenvalue weighted by Gasteiger charge is 2.21. The first-order valence-corrected chi connectivity index (χ1v) is 14.1. The van der Waals surface area contributed by atoms with E-state index in [9.17, 15) is 0 Å². The van der Waals surface area contributed by atoms with Gasteiger partial charge in [-0.15, -0.1) is 0 Å². The van der Waals surface area contributed by atoms with Crippen LogP contribution in [0.3, 0.4) is 0 Å². The van der Waals surface area contributed by atoms with Crippen LogP contribution in [0.2, 0.25) is 5.02 Å². The van der Waals surface area contributed by atoms with Crippen molar-refractivity contribution in [3.05, 3.63) is 145 Å². The topological polar surface area (TPSA) is 29.9 Å². The number of benzene rings is 6. The molecule has 0 bridgehead atoms. The molecule has 0 unspecified atom stereocenters. The molecule has 41 heavy (non-hydrogen) atoms. The smallest absolute Gasteiger partial charge is 0.145 e. The maximum absolute atomic E-state index is 6.65. The summed E-state index contributed by atoms with van der Waals surface area (Å²) in [4.78, 5) is 5.03. The second kappa shape index (κ2) is 9.51. The molecule has 2 heterocycles. The highest BCUT2D eigenvalue weighted by atomic mass is 35.5. The normalized spacial score (nSPS) is 11.7. The molecule has 7 aromatic rings.